The number of likely N-dealkylation sites (N-methyl/N-ethyl adjacent to an activating group) is 1. The smallest absolute Gasteiger partial charge is 0.243 e. The highest BCUT2D eigenvalue weighted by Crippen LogP contribution is 2.29. The number of nitrogens with zero attached hydrogens (tertiary/aromatic N) is 1. The lowest BCUT2D eigenvalue weighted by atomic mass is 10.3. The van der Waals surface area contributed by atoms with Gasteiger partial charge in [-0.15, -0.1) is 0 Å². The highest BCUT2D eigenvalue weighted by atomic mass is 79.9. The van der Waals surface area contributed by atoms with Crippen molar-refractivity contribution in [3.63, 3.8) is 0 Å². The lowest BCUT2D eigenvalue weighted by molar-refractivity contribution is 0.142. The molecule has 1 rings (SSSR count). The lowest BCUT2D eigenvalue weighted by Gasteiger charge is -2.26. The number of benzene rings is 1. The molecule has 0 heterocycles. The monoisotopic (exact) mass is 365 g/mol. The van der Waals surface area contributed by atoms with Gasteiger partial charge in [-0.05, 0) is 41.1 Å². The lowest BCUT2D eigenvalue weighted by Crippen LogP contribution is -2.40. The van der Waals surface area contributed by atoms with Crippen LogP contribution < -0.4 is 4.74 Å². The number of ether oxygens (including phenoxy) is 2. The standard InChI is InChI=1S/C13H20BrNO4S/c1-5-15(10(2)9-18-3)20(16,17)11-6-7-13(19-4)12(14)8-11/h6-8,10H,5,9H2,1-4H3/t10-/m1/s1. The third-order valence-electron chi connectivity index (χ3n) is 2.94. The van der Waals surface area contributed by atoms with Crippen molar-refractivity contribution >= 4 is 26.0 Å². The molecule has 0 aromatic heterocycles. The highest BCUT2D eigenvalue weighted by molar-refractivity contribution is 9.10. The van der Waals surface area contributed by atoms with Gasteiger partial charge in [-0.2, -0.15) is 4.31 Å². The van der Waals surface area contributed by atoms with Crippen LogP contribution in [0.2, 0.25) is 0 Å². The molecule has 0 saturated carbocycles. The maximum Gasteiger partial charge on any atom is 0.243 e. The molecule has 0 bridgehead atoms. The van der Waals surface area contributed by atoms with E-state index in [4.69, 9.17) is 9.47 Å². The fraction of sp³-hybridized carbons (Fsp3) is 0.538. The van der Waals surface area contributed by atoms with Gasteiger partial charge in [0.05, 0.1) is 23.1 Å². The van der Waals surface area contributed by atoms with Crippen molar-refractivity contribution in [2.45, 2.75) is 24.8 Å². The number of hydrogen-bond acceptors (Lipinski definition) is 4. The van der Waals surface area contributed by atoms with Crippen molar-refractivity contribution in [3.8, 4) is 5.75 Å². The van der Waals surface area contributed by atoms with Crippen LogP contribution in [-0.2, 0) is 14.8 Å². The van der Waals surface area contributed by atoms with Crippen LogP contribution in [0.4, 0.5) is 0 Å². The van der Waals surface area contributed by atoms with E-state index >= 15 is 0 Å². The molecule has 0 spiro atoms. The van der Waals surface area contributed by atoms with Crippen molar-refractivity contribution in [2.24, 2.45) is 0 Å². The molecule has 0 unspecified atom stereocenters. The molecule has 0 radical (unpaired) electrons. The molecule has 0 fully saturated rings. The van der Waals surface area contributed by atoms with Crippen LogP contribution in [-0.4, -0.2) is 46.1 Å². The maximum absolute atomic E-state index is 12.6. The van der Waals surface area contributed by atoms with Gasteiger partial charge in [0, 0.05) is 19.7 Å². The summed E-state index contributed by atoms with van der Waals surface area (Å²) in [6, 6.07) is 4.50. The van der Waals surface area contributed by atoms with Gasteiger partial charge < -0.3 is 9.47 Å². The van der Waals surface area contributed by atoms with Crippen LogP contribution in [0.15, 0.2) is 27.6 Å². The molecule has 5 nitrogen and oxygen atoms in total. The molecule has 114 valence electrons. The first-order valence-corrected chi connectivity index (χ1v) is 8.46. The quantitative estimate of drug-likeness (QED) is 0.744. The second kappa shape index (κ2) is 7.40. The van der Waals surface area contributed by atoms with Gasteiger partial charge in [0.2, 0.25) is 10.0 Å². The van der Waals surface area contributed by atoms with E-state index in [1.807, 2.05) is 13.8 Å². The average molecular weight is 366 g/mol. The van der Waals surface area contributed by atoms with Gasteiger partial charge in [0.15, 0.2) is 0 Å². The van der Waals surface area contributed by atoms with Gasteiger partial charge in [0.25, 0.3) is 0 Å². The van der Waals surface area contributed by atoms with Gasteiger partial charge >= 0.3 is 0 Å². The molecular weight excluding hydrogens is 346 g/mol. The Labute approximate surface area is 129 Å². The van der Waals surface area contributed by atoms with E-state index in [2.05, 4.69) is 15.9 Å². The van der Waals surface area contributed by atoms with Crippen molar-refractivity contribution in [1.29, 1.82) is 0 Å². The van der Waals surface area contributed by atoms with Crippen LogP contribution in [0.5, 0.6) is 5.75 Å². The summed E-state index contributed by atoms with van der Waals surface area (Å²) in [4.78, 5) is 0.231. The van der Waals surface area contributed by atoms with Crippen molar-refractivity contribution < 1.29 is 17.9 Å². The molecule has 20 heavy (non-hydrogen) atoms. The van der Waals surface area contributed by atoms with Crippen LogP contribution in [0.3, 0.4) is 0 Å². The molecule has 0 amide bonds. The van der Waals surface area contributed by atoms with Crippen LogP contribution in [0.25, 0.3) is 0 Å². The van der Waals surface area contributed by atoms with Crippen molar-refractivity contribution in [2.75, 3.05) is 27.4 Å². The highest BCUT2D eigenvalue weighted by Gasteiger charge is 2.28. The van der Waals surface area contributed by atoms with Gasteiger partial charge in [-0.25, -0.2) is 8.42 Å². The molecular formula is C13H20BrNO4S. The largest absolute Gasteiger partial charge is 0.496 e. The van der Waals surface area contributed by atoms with Gasteiger partial charge in [-0.3, -0.25) is 0 Å². The fourth-order valence-corrected chi connectivity index (χ4v) is 4.33. The zero-order valence-electron chi connectivity index (χ0n) is 12.1. The van der Waals surface area contributed by atoms with E-state index in [0.29, 0.717) is 23.4 Å². The van der Waals surface area contributed by atoms with Gasteiger partial charge in [-0.1, -0.05) is 6.92 Å². The average Bonchev–Trinajstić information content (AvgIpc) is 2.39. The van der Waals surface area contributed by atoms with Crippen LogP contribution >= 0.6 is 15.9 Å². The van der Waals surface area contributed by atoms with Crippen LogP contribution in [0.1, 0.15) is 13.8 Å². The third-order valence-corrected chi connectivity index (χ3v) is 5.65. The summed E-state index contributed by atoms with van der Waals surface area (Å²) < 4.78 is 37.5. The predicted octanol–water partition coefficient (Wildman–Crippen LogP) is 2.50. The third kappa shape index (κ3) is 3.72. The Morgan fingerprint density at radius 2 is 2.00 bits per heavy atom. The topological polar surface area (TPSA) is 55.8 Å². The number of sulfonamides is 1. The number of methoxy groups -OCH3 is 2. The molecule has 0 aliphatic heterocycles. The Kier molecular flexibility index (Phi) is 6.44. The minimum absolute atomic E-state index is 0.226. The fourth-order valence-electron chi connectivity index (χ4n) is 1.99. The zero-order chi connectivity index (χ0) is 15.3. The molecule has 7 heteroatoms. The first-order valence-electron chi connectivity index (χ1n) is 6.22. The van der Waals surface area contributed by atoms with E-state index in [1.165, 1.54) is 11.4 Å². The summed E-state index contributed by atoms with van der Waals surface area (Å²) in [7, 11) is -0.461. The normalized spacial score (nSPS) is 13.5. The summed E-state index contributed by atoms with van der Waals surface area (Å²) in [5.41, 5.74) is 0. The SMILES string of the molecule is CCN([C@H](C)COC)S(=O)(=O)c1ccc(OC)c(Br)c1. The van der Waals surface area contributed by atoms with Crippen molar-refractivity contribution in [1.82, 2.24) is 4.31 Å². The van der Waals surface area contributed by atoms with E-state index in [1.54, 1.807) is 25.3 Å². The molecule has 0 aliphatic rings. The van der Waals surface area contributed by atoms with Crippen LogP contribution in [0, 0.1) is 0 Å². The minimum Gasteiger partial charge on any atom is -0.496 e. The molecule has 0 aliphatic carbocycles. The summed E-state index contributed by atoms with van der Waals surface area (Å²) in [5, 5.41) is 0. The number of halogens is 1. The molecule has 1 aromatic carbocycles. The number of hydrogen-bond donors (Lipinski definition) is 0. The predicted molar refractivity (Wildman–Crippen MR) is 81.6 cm³/mol. The number of rotatable bonds is 7. The van der Waals surface area contributed by atoms with E-state index in [0.717, 1.165) is 0 Å². The van der Waals surface area contributed by atoms with Crippen molar-refractivity contribution in [3.05, 3.63) is 22.7 Å². The summed E-state index contributed by atoms with van der Waals surface area (Å²) in [5.74, 6) is 0.594. The summed E-state index contributed by atoms with van der Waals surface area (Å²) in [6.45, 7) is 4.37. The Balaban J connectivity index is 3.17. The van der Waals surface area contributed by atoms with Gasteiger partial charge in [0.1, 0.15) is 5.75 Å². The van der Waals surface area contributed by atoms with E-state index < -0.39 is 10.0 Å². The van der Waals surface area contributed by atoms with E-state index in [-0.39, 0.29) is 10.9 Å². The summed E-state index contributed by atoms with van der Waals surface area (Å²) >= 11 is 3.31. The zero-order valence-corrected chi connectivity index (χ0v) is 14.5. The Morgan fingerprint density at radius 3 is 2.45 bits per heavy atom. The second-order valence-electron chi connectivity index (χ2n) is 4.31. The second-order valence-corrected chi connectivity index (χ2v) is 7.05. The molecule has 0 N–H and O–H groups in total. The Morgan fingerprint density at radius 1 is 1.35 bits per heavy atom. The first-order chi connectivity index (χ1) is 9.38. The molecule has 0 saturated heterocycles. The molecule has 1 atom stereocenters. The maximum atomic E-state index is 12.6. The first kappa shape index (κ1) is 17.4. The Bertz CT molecular complexity index is 547. The van der Waals surface area contributed by atoms with E-state index in [9.17, 15) is 8.42 Å². The molecule has 1 aromatic rings. The summed E-state index contributed by atoms with van der Waals surface area (Å²) in [6.07, 6.45) is 0. The minimum atomic E-state index is -3.55. The Hall–Kier alpha value is -0.630.